The van der Waals surface area contributed by atoms with Crippen molar-refractivity contribution >= 4 is 0 Å². The molecule has 47 heavy (non-hydrogen) atoms. The fraction of sp³-hybridized carbons (Fsp3) is 0.250. The van der Waals surface area contributed by atoms with E-state index in [1.165, 1.54) is 0 Å². The topological polar surface area (TPSA) is 75.6 Å². The Hall–Kier alpha value is -4.50. The Bertz CT molecular complexity index is 1580. The first-order valence-corrected chi connectivity index (χ1v) is 15.9. The third kappa shape index (κ3) is 9.51. The highest BCUT2D eigenvalue weighted by atomic mass is 16.7. The molecule has 7 heteroatoms. The monoisotopic (exact) mass is 632 g/mol. The molecule has 6 rings (SSSR count). The molecule has 1 aliphatic heterocycles. The zero-order valence-corrected chi connectivity index (χ0v) is 26.2. The average molecular weight is 633 g/mol. The molecule has 0 radical (unpaired) electrons. The maximum absolute atomic E-state index is 9.90. The first kappa shape index (κ1) is 32.4. The predicted octanol–water partition coefficient (Wildman–Crippen LogP) is 7.47. The van der Waals surface area contributed by atoms with E-state index in [0.717, 1.165) is 22.3 Å². The van der Waals surface area contributed by atoms with Crippen molar-refractivity contribution < 1.29 is 33.5 Å². The fourth-order valence-electron chi connectivity index (χ4n) is 5.50. The molecule has 242 valence electrons. The molecule has 5 atom stereocenters. The molecule has 0 aliphatic carbocycles. The van der Waals surface area contributed by atoms with Crippen LogP contribution in [0.4, 0.5) is 0 Å². The van der Waals surface area contributed by atoms with Gasteiger partial charge in [-0.3, -0.25) is 0 Å². The zero-order valence-electron chi connectivity index (χ0n) is 26.2. The summed E-state index contributed by atoms with van der Waals surface area (Å²) in [5.41, 5.74) is 4.12. The number of benzene rings is 5. The Morgan fingerprint density at radius 3 is 1.38 bits per heavy atom. The maximum Gasteiger partial charge on any atom is 0.229 e. The number of phenols is 1. The Balaban J connectivity index is 1.31. The number of rotatable bonds is 15. The molecule has 5 aromatic carbocycles. The Labute approximate surface area is 276 Å². The molecule has 1 aliphatic rings. The molecule has 1 N–H and O–H groups in total. The number of hydrogen-bond donors (Lipinski definition) is 1. The van der Waals surface area contributed by atoms with Gasteiger partial charge >= 0.3 is 0 Å². The Morgan fingerprint density at radius 1 is 0.468 bits per heavy atom. The Kier molecular flexibility index (Phi) is 11.7. The second-order valence-electron chi connectivity index (χ2n) is 11.4. The molecule has 0 amide bonds. The van der Waals surface area contributed by atoms with Crippen molar-refractivity contribution in [2.45, 2.75) is 57.1 Å². The van der Waals surface area contributed by atoms with Gasteiger partial charge in [0.1, 0.15) is 35.9 Å². The predicted molar refractivity (Wildman–Crippen MR) is 179 cm³/mol. The van der Waals surface area contributed by atoms with Gasteiger partial charge in [0.05, 0.1) is 33.0 Å². The number of ether oxygens (including phenoxy) is 6. The molecule has 0 unspecified atom stereocenters. The lowest BCUT2D eigenvalue weighted by molar-refractivity contribution is -0.310. The molecule has 1 fully saturated rings. The van der Waals surface area contributed by atoms with Crippen molar-refractivity contribution in [3.05, 3.63) is 168 Å². The van der Waals surface area contributed by atoms with Gasteiger partial charge in [-0.05, 0) is 46.5 Å². The van der Waals surface area contributed by atoms with Crippen LogP contribution in [0.1, 0.15) is 22.3 Å². The summed E-state index contributed by atoms with van der Waals surface area (Å²) in [6.07, 6.45) is -3.26. The summed E-state index contributed by atoms with van der Waals surface area (Å²) in [4.78, 5) is 0. The SMILES string of the molecule is Oc1ccc(O[C@@H]2O[C@H](COCc3ccccc3)[C@@H](OCc3ccccc3)[C@H](OCc3ccccc3)[C@H]2OCc2ccccc2)cc1. The van der Waals surface area contributed by atoms with Crippen molar-refractivity contribution in [3.63, 3.8) is 0 Å². The standard InChI is InChI=1S/C40H40O7/c41-34-21-23-35(24-22-34)46-40-39(45-28-33-19-11-4-12-20-33)38(44-27-32-17-9-3-10-18-32)37(43-26-31-15-7-2-8-16-31)36(47-40)29-42-25-30-13-5-1-6-14-30/h1-24,36-41H,25-29H2/t36-,37-,38+,39-,40-/m1/s1. The minimum Gasteiger partial charge on any atom is -0.508 e. The van der Waals surface area contributed by atoms with Gasteiger partial charge in [-0.25, -0.2) is 0 Å². The highest BCUT2D eigenvalue weighted by molar-refractivity contribution is 5.30. The smallest absolute Gasteiger partial charge is 0.229 e. The van der Waals surface area contributed by atoms with Crippen LogP contribution in [0.25, 0.3) is 0 Å². The summed E-state index contributed by atoms with van der Waals surface area (Å²) in [6.45, 7) is 1.66. The minimum absolute atomic E-state index is 0.143. The first-order valence-electron chi connectivity index (χ1n) is 15.9. The van der Waals surface area contributed by atoms with Gasteiger partial charge in [0, 0.05) is 0 Å². The summed E-state index contributed by atoms with van der Waals surface area (Å²) < 4.78 is 39.5. The third-order valence-corrected chi connectivity index (χ3v) is 7.93. The van der Waals surface area contributed by atoms with E-state index in [4.69, 9.17) is 28.4 Å². The van der Waals surface area contributed by atoms with Crippen LogP contribution in [0.5, 0.6) is 11.5 Å². The fourth-order valence-corrected chi connectivity index (χ4v) is 5.50. The van der Waals surface area contributed by atoms with Crippen molar-refractivity contribution in [1.29, 1.82) is 0 Å². The molecule has 0 bridgehead atoms. The molecular weight excluding hydrogens is 592 g/mol. The third-order valence-electron chi connectivity index (χ3n) is 7.93. The van der Waals surface area contributed by atoms with Crippen LogP contribution in [-0.2, 0) is 50.1 Å². The van der Waals surface area contributed by atoms with Crippen LogP contribution in [0.3, 0.4) is 0 Å². The number of aromatic hydroxyl groups is 1. The van der Waals surface area contributed by atoms with E-state index in [2.05, 4.69) is 0 Å². The van der Waals surface area contributed by atoms with Gasteiger partial charge in [-0.1, -0.05) is 121 Å². The van der Waals surface area contributed by atoms with Gasteiger partial charge in [-0.2, -0.15) is 0 Å². The first-order chi connectivity index (χ1) is 23.2. The van der Waals surface area contributed by atoms with E-state index in [1.54, 1.807) is 24.3 Å². The van der Waals surface area contributed by atoms with Crippen molar-refractivity contribution in [1.82, 2.24) is 0 Å². The van der Waals surface area contributed by atoms with Gasteiger partial charge in [0.25, 0.3) is 0 Å². The number of phenolic OH excluding ortho intramolecular Hbond substituents is 1. The lowest BCUT2D eigenvalue weighted by atomic mass is 9.97. The molecular formula is C40H40O7. The molecule has 7 nitrogen and oxygen atoms in total. The van der Waals surface area contributed by atoms with Crippen LogP contribution < -0.4 is 4.74 Å². The van der Waals surface area contributed by atoms with Gasteiger partial charge in [0.15, 0.2) is 0 Å². The highest BCUT2D eigenvalue weighted by Crippen LogP contribution is 2.33. The summed E-state index contributed by atoms with van der Waals surface area (Å²) in [7, 11) is 0. The largest absolute Gasteiger partial charge is 0.508 e. The zero-order chi connectivity index (χ0) is 32.1. The second-order valence-corrected chi connectivity index (χ2v) is 11.4. The highest BCUT2D eigenvalue weighted by Gasteiger charge is 2.49. The van der Waals surface area contributed by atoms with Crippen LogP contribution in [-0.4, -0.2) is 42.4 Å². The molecule has 1 saturated heterocycles. The lowest BCUT2D eigenvalue weighted by Gasteiger charge is -2.45. The van der Waals surface area contributed by atoms with E-state index < -0.39 is 30.7 Å². The lowest BCUT2D eigenvalue weighted by Crippen LogP contribution is -2.62. The quantitative estimate of drug-likeness (QED) is 0.128. The minimum atomic E-state index is -0.870. The molecule has 0 spiro atoms. The Morgan fingerprint density at radius 2 is 0.894 bits per heavy atom. The molecule has 1 heterocycles. The van der Waals surface area contributed by atoms with Crippen LogP contribution in [0, 0.1) is 0 Å². The van der Waals surface area contributed by atoms with Crippen LogP contribution >= 0.6 is 0 Å². The summed E-state index contributed by atoms with van der Waals surface area (Å²) in [5, 5.41) is 9.90. The molecule has 0 saturated carbocycles. The molecule has 0 aromatic heterocycles. The van der Waals surface area contributed by atoms with Crippen molar-refractivity contribution in [2.75, 3.05) is 6.61 Å². The van der Waals surface area contributed by atoms with Gasteiger partial charge in [0.2, 0.25) is 6.29 Å². The summed E-state index contributed by atoms with van der Waals surface area (Å²) >= 11 is 0. The summed E-state index contributed by atoms with van der Waals surface area (Å²) in [6, 6.07) is 46.6. The molecule has 5 aromatic rings. The van der Waals surface area contributed by atoms with Gasteiger partial charge < -0.3 is 33.5 Å². The average Bonchev–Trinajstić information content (AvgIpc) is 3.12. The van der Waals surface area contributed by atoms with E-state index in [9.17, 15) is 5.11 Å². The van der Waals surface area contributed by atoms with Crippen molar-refractivity contribution in [3.8, 4) is 11.5 Å². The van der Waals surface area contributed by atoms with E-state index in [0.29, 0.717) is 32.2 Å². The maximum atomic E-state index is 9.90. The number of hydrogen-bond acceptors (Lipinski definition) is 7. The van der Waals surface area contributed by atoms with Crippen molar-refractivity contribution in [2.24, 2.45) is 0 Å². The van der Waals surface area contributed by atoms with E-state index >= 15 is 0 Å². The van der Waals surface area contributed by atoms with Gasteiger partial charge in [-0.15, -0.1) is 0 Å². The van der Waals surface area contributed by atoms with Crippen LogP contribution in [0.2, 0.25) is 0 Å². The summed E-state index contributed by atoms with van der Waals surface area (Å²) in [5.74, 6) is 0.667. The normalized spacial score (nSPS) is 20.9. The van der Waals surface area contributed by atoms with Crippen LogP contribution in [0.15, 0.2) is 146 Å². The van der Waals surface area contributed by atoms with E-state index in [-0.39, 0.29) is 12.4 Å². The second kappa shape index (κ2) is 16.9. The van der Waals surface area contributed by atoms with E-state index in [1.807, 2.05) is 121 Å².